The summed E-state index contributed by atoms with van der Waals surface area (Å²) in [5.41, 5.74) is 1.47. The Labute approximate surface area is 171 Å². The molecule has 28 heavy (non-hydrogen) atoms. The molecule has 0 unspecified atom stereocenters. The van der Waals surface area contributed by atoms with E-state index in [2.05, 4.69) is 4.90 Å². The molecule has 150 valence electrons. The van der Waals surface area contributed by atoms with Gasteiger partial charge in [0, 0.05) is 31.2 Å². The number of hydrogen-bond donors (Lipinski definition) is 0. The molecule has 0 atom stereocenters. The fraction of sp³-hybridized carbons (Fsp3) is 0.350. The van der Waals surface area contributed by atoms with Gasteiger partial charge < -0.3 is 9.80 Å². The van der Waals surface area contributed by atoms with E-state index in [1.54, 1.807) is 17.0 Å². The lowest BCUT2D eigenvalue weighted by molar-refractivity contribution is -0.131. The van der Waals surface area contributed by atoms with Gasteiger partial charge in [0.1, 0.15) is 6.54 Å². The van der Waals surface area contributed by atoms with Crippen molar-refractivity contribution in [3.05, 3.63) is 59.1 Å². The molecule has 8 heteroatoms. The monoisotopic (exact) mass is 421 g/mol. The highest BCUT2D eigenvalue weighted by molar-refractivity contribution is 7.92. The Morgan fingerprint density at radius 3 is 2.14 bits per heavy atom. The SMILES string of the molecule is Cc1ccc(N(CC(=O)N2CCN(C)CC2)S(=O)(=O)c2ccc(Cl)cc2)cc1. The van der Waals surface area contributed by atoms with Crippen molar-refractivity contribution in [1.82, 2.24) is 9.80 Å². The van der Waals surface area contributed by atoms with Gasteiger partial charge in [0.05, 0.1) is 10.6 Å². The molecule has 1 heterocycles. The van der Waals surface area contributed by atoms with Crippen molar-refractivity contribution in [2.24, 2.45) is 0 Å². The lowest BCUT2D eigenvalue weighted by Gasteiger charge is -2.34. The number of rotatable bonds is 5. The zero-order valence-electron chi connectivity index (χ0n) is 16.0. The van der Waals surface area contributed by atoms with Crippen molar-refractivity contribution in [1.29, 1.82) is 0 Å². The fourth-order valence-electron chi connectivity index (χ4n) is 3.04. The van der Waals surface area contributed by atoms with Crippen LogP contribution < -0.4 is 4.31 Å². The topological polar surface area (TPSA) is 60.9 Å². The molecule has 0 aromatic heterocycles. The van der Waals surface area contributed by atoms with Gasteiger partial charge in [0.15, 0.2) is 0 Å². The van der Waals surface area contributed by atoms with Crippen molar-refractivity contribution in [2.75, 3.05) is 44.1 Å². The van der Waals surface area contributed by atoms with Crippen LogP contribution in [-0.4, -0.2) is 63.9 Å². The van der Waals surface area contributed by atoms with Crippen LogP contribution in [-0.2, 0) is 14.8 Å². The van der Waals surface area contributed by atoms with Crippen LogP contribution in [0.25, 0.3) is 0 Å². The summed E-state index contributed by atoms with van der Waals surface area (Å²) in [5, 5.41) is 0.453. The van der Waals surface area contributed by atoms with E-state index in [0.29, 0.717) is 23.8 Å². The average molecular weight is 422 g/mol. The Morgan fingerprint density at radius 1 is 1.00 bits per heavy atom. The summed E-state index contributed by atoms with van der Waals surface area (Å²) < 4.78 is 27.8. The van der Waals surface area contributed by atoms with Crippen LogP contribution in [0.3, 0.4) is 0 Å². The maximum Gasteiger partial charge on any atom is 0.264 e. The van der Waals surface area contributed by atoms with Gasteiger partial charge in [-0.05, 0) is 50.4 Å². The van der Waals surface area contributed by atoms with Crippen molar-refractivity contribution < 1.29 is 13.2 Å². The predicted molar refractivity (Wildman–Crippen MR) is 111 cm³/mol. The van der Waals surface area contributed by atoms with Crippen molar-refractivity contribution in [2.45, 2.75) is 11.8 Å². The van der Waals surface area contributed by atoms with E-state index in [1.807, 2.05) is 26.1 Å². The molecule has 1 aliphatic heterocycles. The summed E-state index contributed by atoms with van der Waals surface area (Å²) in [6.07, 6.45) is 0. The molecule has 0 radical (unpaired) electrons. The number of carbonyl (C=O) groups excluding carboxylic acids is 1. The van der Waals surface area contributed by atoms with Crippen LogP contribution in [0, 0.1) is 6.92 Å². The number of anilines is 1. The molecule has 0 spiro atoms. The number of nitrogens with zero attached hydrogens (tertiary/aromatic N) is 3. The number of halogens is 1. The van der Waals surface area contributed by atoms with Crippen LogP contribution in [0.2, 0.25) is 5.02 Å². The highest BCUT2D eigenvalue weighted by Crippen LogP contribution is 2.25. The average Bonchev–Trinajstić information content (AvgIpc) is 2.67. The Kier molecular flexibility index (Phi) is 6.27. The number of benzene rings is 2. The van der Waals surface area contributed by atoms with Gasteiger partial charge >= 0.3 is 0 Å². The molecule has 1 fully saturated rings. The van der Waals surface area contributed by atoms with Gasteiger partial charge in [0.25, 0.3) is 10.0 Å². The highest BCUT2D eigenvalue weighted by Gasteiger charge is 2.29. The van der Waals surface area contributed by atoms with Gasteiger partial charge in [-0.25, -0.2) is 8.42 Å². The van der Waals surface area contributed by atoms with Gasteiger partial charge in [0.2, 0.25) is 5.91 Å². The molecule has 0 N–H and O–H groups in total. The van der Waals surface area contributed by atoms with Crippen molar-refractivity contribution >= 4 is 33.2 Å². The molecule has 1 aliphatic rings. The quantitative estimate of drug-likeness (QED) is 0.744. The number of sulfonamides is 1. The van der Waals surface area contributed by atoms with E-state index in [-0.39, 0.29) is 17.3 Å². The van der Waals surface area contributed by atoms with Gasteiger partial charge in [-0.3, -0.25) is 9.10 Å². The fourth-order valence-corrected chi connectivity index (χ4v) is 4.58. The van der Waals surface area contributed by atoms with Gasteiger partial charge in [-0.1, -0.05) is 29.3 Å². The number of hydrogen-bond acceptors (Lipinski definition) is 4. The van der Waals surface area contributed by atoms with Gasteiger partial charge in [-0.2, -0.15) is 0 Å². The Balaban J connectivity index is 1.92. The van der Waals surface area contributed by atoms with Crippen LogP contribution in [0.5, 0.6) is 0 Å². The summed E-state index contributed by atoms with van der Waals surface area (Å²) in [4.78, 5) is 16.8. The number of likely N-dealkylation sites (N-methyl/N-ethyl adjacent to an activating group) is 1. The number of aryl methyl sites for hydroxylation is 1. The normalized spacial score (nSPS) is 15.5. The van der Waals surface area contributed by atoms with Crippen LogP contribution in [0.1, 0.15) is 5.56 Å². The van der Waals surface area contributed by atoms with E-state index in [9.17, 15) is 13.2 Å². The summed E-state index contributed by atoms with van der Waals surface area (Å²) in [5.74, 6) is -0.203. The predicted octanol–water partition coefficient (Wildman–Crippen LogP) is 2.62. The van der Waals surface area contributed by atoms with E-state index in [0.717, 1.165) is 18.7 Å². The van der Waals surface area contributed by atoms with Crippen LogP contribution >= 0.6 is 11.6 Å². The zero-order valence-corrected chi connectivity index (χ0v) is 17.6. The first kappa shape index (κ1) is 20.6. The second-order valence-electron chi connectivity index (χ2n) is 6.99. The molecular weight excluding hydrogens is 398 g/mol. The summed E-state index contributed by atoms with van der Waals surface area (Å²) in [7, 11) is -1.91. The largest absolute Gasteiger partial charge is 0.339 e. The maximum atomic E-state index is 13.3. The molecule has 3 rings (SSSR count). The third-order valence-electron chi connectivity index (χ3n) is 4.86. The van der Waals surface area contributed by atoms with E-state index in [4.69, 9.17) is 11.6 Å². The molecule has 2 aromatic carbocycles. The third kappa shape index (κ3) is 4.66. The molecule has 0 bridgehead atoms. The maximum absolute atomic E-state index is 13.3. The molecule has 1 saturated heterocycles. The molecular formula is C20H24ClN3O3S. The van der Waals surface area contributed by atoms with E-state index in [1.165, 1.54) is 28.6 Å². The van der Waals surface area contributed by atoms with Gasteiger partial charge in [-0.15, -0.1) is 0 Å². The second kappa shape index (κ2) is 8.51. The first-order valence-electron chi connectivity index (χ1n) is 9.08. The minimum absolute atomic E-state index is 0.101. The number of amides is 1. The third-order valence-corrected chi connectivity index (χ3v) is 6.90. The lowest BCUT2D eigenvalue weighted by Crippen LogP contribution is -2.50. The highest BCUT2D eigenvalue weighted by atomic mass is 35.5. The number of piperazine rings is 1. The van der Waals surface area contributed by atoms with Crippen LogP contribution in [0.4, 0.5) is 5.69 Å². The van der Waals surface area contributed by atoms with E-state index >= 15 is 0 Å². The Morgan fingerprint density at radius 2 is 1.57 bits per heavy atom. The molecule has 1 amide bonds. The summed E-state index contributed by atoms with van der Waals surface area (Å²) >= 11 is 5.90. The first-order chi connectivity index (χ1) is 13.3. The molecule has 0 aliphatic carbocycles. The second-order valence-corrected chi connectivity index (χ2v) is 9.28. The minimum atomic E-state index is -3.91. The van der Waals surface area contributed by atoms with Crippen LogP contribution in [0.15, 0.2) is 53.4 Å². The zero-order chi connectivity index (χ0) is 20.3. The molecule has 0 saturated carbocycles. The first-order valence-corrected chi connectivity index (χ1v) is 10.9. The summed E-state index contributed by atoms with van der Waals surface area (Å²) in [6, 6.07) is 13.1. The van der Waals surface area contributed by atoms with Crippen molar-refractivity contribution in [3.8, 4) is 0 Å². The van der Waals surface area contributed by atoms with Crippen molar-refractivity contribution in [3.63, 3.8) is 0 Å². The molecule has 2 aromatic rings. The minimum Gasteiger partial charge on any atom is -0.339 e. The Hall–Kier alpha value is -2.09. The van der Waals surface area contributed by atoms with E-state index < -0.39 is 10.0 Å². The number of carbonyl (C=O) groups is 1. The standard InChI is InChI=1S/C20H24ClN3O3S/c1-16-3-7-18(8-4-16)24(15-20(25)23-13-11-22(2)12-14-23)28(26,27)19-9-5-17(21)6-10-19/h3-10H,11-15H2,1-2H3. The Bertz CT molecular complexity index is 922. The smallest absolute Gasteiger partial charge is 0.264 e. The lowest BCUT2D eigenvalue weighted by atomic mass is 10.2. The molecule has 6 nitrogen and oxygen atoms in total. The summed E-state index contributed by atoms with van der Waals surface area (Å²) in [6.45, 7) is 4.44.